The molecule has 2 heterocycles. The van der Waals surface area contributed by atoms with Gasteiger partial charge in [0.2, 0.25) is 0 Å². The van der Waals surface area contributed by atoms with Gasteiger partial charge in [-0.15, -0.1) is 11.8 Å². The van der Waals surface area contributed by atoms with Crippen molar-refractivity contribution in [3.05, 3.63) is 53.3 Å². The van der Waals surface area contributed by atoms with Crippen LogP contribution in [0.15, 0.2) is 41.4 Å². The van der Waals surface area contributed by atoms with E-state index >= 15 is 0 Å². The van der Waals surface area contributed by atoms with Gasteiger partial charge in [0, 0.05) is 30.5 Å². The Balaban J connectivity index is 1.76. The number of aromatic nitrogens is 3. The Labute approximate surface area is 151 Å². The van der Waals surface area contributed by atoms with Crippen molar-refractivity contribution in [3.8, 4) is 0 Å². The Morgan fingerprint density at radius 2 is 1.92 bits per heavy atom. The smallest absolute Gasteiger partial charge is 0.180 e. The number of nitrogens with zero attached hydrogens (tertiary/aromatic N) is 3. The molecular formula is C19H20N4OS. The fourth-order valence-corrected chi connectivity index (χ4v) is 3.03. The fourth-order valence-electron chi connectivity index (χ4n) is 2.62. The molecule has 2 aromatic heterocycles. The van der Waals surface area contributed by atoms with Gasteiger partial charge >= 0.3 is 0 Å². The van der Waals surface area contributed by atoms with Crippen molar-refractivity contribution in [1.82, 2.24) is 15.0 Å². The third-order valence-electron chi connectivity index (χ3n) is 4.03. The van der Waals surface area contributed by atoms with Crippen LogP contribution in [0.1, 0.15) is 16.8 Å². The average molecular weight is 352 g/mol. The molecule has 0 atom stereocenters. The summed E-state index contributed by atoms with van der Waals surface area (Å²) in [6, 6.07) is 10.0. The van der Waals surface area contributed by atoms with Gasteiger partial charge in [-0.2, -0.15) is 0 Å². The van der Waals surface area contributed by atoms with E-state index in [2.05, 4.69) is 20.3 Å². The van der Waals surface area contributed by atoms with Gasteiger partial charge in [0.1, 0.15) is 17.1 Å². The zero-order valence-electron chi connectivity index (χ0n) is 14.5. The summed E-state index contributed by atoms with van der Waals surface area (Å²) in [6.45, 7) is 1.91. The van der Waals surface area contributed by atoms with Crippen LogP contribution in [0, 0.1) is 6.92 Å². The number of hydrogen-bond acceptors (Lipinski definition) is 6. The second kappa shape index (κ2) is 7.61. The summed E-state index contributed by atoms with van der Waals surface area (Å²) >= 11 is 1.69. The molecule has 0 aliphatic carbocycles. The van der Waals surface area contributed by atoms with Crippen LogP contribution in [0.3, 0.4) is 0 Å². The summed E-state index contributed by atoms with van der Waals surface area (Å²) in [4.78, 5) is 26.9. The first-order valence-corrected chi connectivity index (χ1v) is 9.27. The maximum atomic E-state index is 12.4. The predicted octanol–water partition coefficient (Wildman–Crippen LogP) is 3.45. The molecule has 5 nitrogen and oxygen atoms in total. The van der Waals surface area contributed by atoms with E-state index in [1.54, 1.807) is 25.0 Å². The van der Waals surface area contributed by atoms with Crippen LogP contribution in [-0.2, 0) is 17.6 Å². The number of nitrogens with one attached hydrogen (secondary N) is 1. The number of rotatable bonds is 6. The maximum absolute atomic E-state index is 12.4. The third kappa shape index (κ3) is 4.14. The molecule has 0 saturated heterocycles. The van der Waals surface area contributed by atoms with Crippen molar-refractivity contribution < 1.29 is 4.79 Å². The summed E-state index contributed by atoms with van der Waals surface area (Å²) in [5.41, 5.74) is 4.06. The number of fused-ring (bicyclic) bond motifs is 1. The van der Waals surface area contributed by atoms with Crippen molar-refractivity contribution in [3.63, 3.8) is 0 Å². The van der Waals surface area contributed by atoms with Gasteiger partial charge < -0.3 is 5.32 Å². The lowest BCUT2D eigenvalue weighted by atomic mass is 10.0. The number of carbonyl (C=O) groups excluding carboxylic acids is 1. The van der Waals surface area contributed by atoms with E-state index in [1.807, 2.05) is 43.5 Å². The molecule has 25 heavy (non-hydrogen) atoms. The number of pyridine rings is 1. The molecule has 0 spiro atoms. The zero-order chi connectivity index (χ0) is 17.8. The van der Waals surface area contributed by atoms with Gasteiger partial charge in [0.15, 0.2) is 5.65 Å². The molecular weight excluding hydrogens is 332 g/mol. The number of aryl methyl sites for hydroxylation is 1. The van der Waals surface area contributed by atoms with E-state index in [0.717, 1.165) is 16.8 Å². The van der Waals surface area contributed by atoms with Gasteiger partial charge in [0.25, 0.3) is 0 Å². The lowest BCUT2D eigenvalue weighted by molar-refractivity contribution is -0.117. The lowest BCUT2D eigenvalue weighted by Gasteiger charge is -2.08. The molecule has 1 N–H and O–H groups in total. The molecule has 0 bridgehead atoms. The topological polar surface area (TPSA) is 67.8 Å². The van der Waals surface area contributed by atoms with Crippen molar-refractivity contribution in [2.75, 3.05) is 18.6 Å². The molecule has 6 heteroatoms. The maximum Gasteiger partial charge on any atom is 0.180 e. The second-order valence-electron chi connectivity index (χ2n) is 5.82. The quantitative estimate of drug-likeness (QED) is 0.685. The van der Waals surface area contributed by atoms with E-state index in [9.17, 15) is 4.79 Å². The number of anilines is 1. The summed E-state index contributed by atoms with van der Waals surface area (Å²) < 4.78 is 0. The Morgan fingerprint density at radius 1 is 1.16 bits per heavy atom. The SMILES string of the molecule is CNc1cnc2cc(CC(=O)Cc3ccc(SC)cc3)c(C)nc2n1. The normalized spacial score (nSPS) is 10.8. The van der Waals surface area contributed by atoms with E-state index in [-0.39, 0.29) is 5.78 Å². The third-order valence-corrected chi connectivity index (χ3v) is 4.78. The monoisotopic (exact) mass is 352 g/mol. The van der Waals surface area contributed by atoms with Crippen LogP contribution in [0.5, 0.6) is 0 Å². The lowest BCUT2D eigenvalue weighted by Crippen LogP contribution is -2.09. The zero-order valence-corrected chi connectivity index (χ0v) is 15.4. The van der Waals surface area contributed by atoms with E-state index in [1.165, 1.54) is 4.90 Å². The molecule has 0 aliphatic heterocycles. The molecule has 0 fully saturated rings. The Morgan fingerprint density at radius 3 is 2.60 bits per heavy atom. The average Bonchev–Trinajstić information content (AvgIpc) is 2.62. The van der Waals surface area contributed by atoms with Crippen molar-refractivity contribution >= 4 is 34.5 Å². The van der Waals surface area contributed by atoms with Gasteiger partial charge in [-0.3, -0.25) is 4.79 Å². The van der Waals surface area contributed by atoms with Crippen LogP contribution in [0.4, 0.5) is 5.82 Å². The molecule has 0 unspecified atom stereocenters. The van der Waals surface area contributed by atoms with Gasteiger partial charge in [-0.05, 0) is 42.5 Å². The van der Waals surface area contributed by atoms with Crippen molar-refractivity contribution in [2.24, 2.45) is 0 Å². The number of ketones is 1. The van der Waals surface area contributed by atoms with E-state index in [0.29, 0.717) is 29.8 Å². The molecule has 3 aromatic rings. The van der Waals surface area contributed by atoms with Crippen LogP contribution in [0.25, 0.3) is 11.2 Å². The molecule has 128 valence electrons. The summed E-state index contributed by atoms with van der Waals surface area (Å²) in [5.74, 6) is 0.845. The minimum Gasteiger partial charge on any atom is -0.372 e. The second-order valence-corrected chi connectivity index (χ2v) is 6.70. The fraction of sp³-hybridized carbons (Fsp3) is 0.263. The van der Waals surface area contributed by atoms with Crippen molar-refractivity contribution in [1.29, 1.82) is 0 Å². The Kier molecular flexibility index (Phi) is 5.28. The van der Waals surface area contributed by atoms with Crippen molar-refractivity contribution in [2.45, 2.75) is 24.7 Å². The molecule has 0 aliphatic rings. The first kappa shape index (κ1) is 17.4. The minimum atomic E-state index is 0.168. The van der Waals surface area contributed by atoms with Crippen LogP contribution < -0.4 is 5.32 Å². The predicted molar refractivity (Wildman–Crippen MR) is 102 cm³/mol. The first-order chi connectivity index (χ1) is 12.1. The Hall–Kier alpha value is -2.47. The molecule has 3 rings (SSSR count). The Bertz CT molecular complexity index is 909. The van der Waals surface area contributed by atoms with E-state index < -0.39 is 0 Å². The summed E-state index contributed by atoms with van der Waals surface area (Å²) in [5, 5.41) is 2.95. The summed E-state index contributed by atoms with van der Waals surface area (Å²) in [6.07, 6.45) is 4.49. The molecule has 1 aromatic carbocycles. The van der Waals surface area contributed by atoms with Crippen LogP contribution in [-0.4, -0.2) is 34.0 Å². The van der Waals surface area contributed by atoms with Gasteiger partial charge in [-0.25, -0.2) is 15.0 Å². The van der Waals surface area contributed by atoms with Gasteiger partial charge in [0.05, 0.1) is 6.20 Å². The first-order valence-electron chi connectivity index (χ1n) is 8.04. The highest BCUT2D eigenvalue weighted by atomic mass is 32.2. The van der Waals surface area contributed by atoms with E-state index in [4.69, 9.17) is 0 Å². The number of thioether (sulfide) groups is 1. The molecule has 0 radical (unpaired) electrons. The van der Waals surface area contributed by atoms with Crippen LogP contribution >= 0.6 is 11.8 Å². The standard InChI is InChI=1S/C19H20N4OS/c1-12-14(10-17-19(22-12)23-18(20-2)11-21-17)9-15(24)8-13-4-6-16(25-3)7-5-13/h4-7,10-11H,8-9H2,1-3H3,(H,20,22,23). The molecule has 0 amide bonds. The van der Waals surface area contributed by atoms with Crippen LogP contribution in [0.2, 0.25) is 0 Å². The number of benzene rings is 1. The number of carbonyl (C=O) groups is 1. The highest BCUT2D eigenvalue weighted by Gasteiger charge is 2.11. The minimum absolute atomic E-state index is 0.168. The number of hydrogen-bond donors (Lipinski definition) is 1. The van der Waals surface area contributed by atoms with Gasteiger partial charge in [-0.1, -0.05) is 12.1 Å². The largest absolute Gasteiger partial charge is 0.372 e. The molecule has 0 saturated carbocycles. The highest BCUT2D eigenvalue weighted by Crippen LogP contribution is 2.18. The number of Topliss-reactive ketones (excluding diaryl/α,β-unsaturated/α-hetero) is 1. The summed E-state index contributed by atoms with van der Waals surface area (Å²) in [7, 11) is 1.79. The highest BCUT2D eigenvalue weighted by molar-refractivity contribution is 7.98.